The van der Waals surface area contributed by atoms with E-state index in [2.05, 4.69) is 22.5 Å². The van der Waals surface area contributed by atoms with Gasteiger partial charge in [0.25, 0.3) is 0 Å². The first kappa shape index (κ1) is 27.3. The molecule has 2 heterocycles. The summed E-state index contributed by atoms with van der Waals surface area (Å²) in [6.07, 6.45) is 1.79. The third-order valence-electron chi connectivity index (χ3n) is 9.23. The third-order valence-corrected chi connectivity index (χ3v) is 10.2. The third kappa shape index (κ3) is 5.29. The Morgan fingerprint density at radius 2 is 2.08 bits per heavy atom. The lowest BCUT2D eigenvalue weighted by Crippen LogP contribution is -2.57. The molecule has 3 aliphatic rings. The van der Waals surface area contributed by atoms with Gasteiger partial charge >= 0.3 is 0 Å². The second-order valence-corrected chi connectivity index (χ2v) is 12.6. The number of morpholine rings is 1. The van der Waals surface area contributed by atoms with Crippen molar-refractivity contribution in [3.8, 4) is 5.75 Å². The molecule has 1 aromatic heterocycles. The number of carbonyl (C=O) groups is 1. The van der Waals surface area contributed by atoms with E-state index in [4.69, 9.17) is 9.72 Å². The fourth-order valence-corrected chi connectivity index (χ4v) is 7.93. The van der Waals surface area contributed by atoms with E-state index in [-0.39, 0.29) is 35.5 Å². The Labute approximate surface area is 228 Å². The number of phenols is 1. The summed E-state index contributed by atoms with van der Waals surface area (Å²) in [5.41, 5.74) is 0.740. The molecular weight excluding hydrogens is 504 g/mol. The molecule has 5 unspecified atom stereocenters. The summed E-state index contributed by atoms with van der Waals surface area (Å²) in [4.78, 5) is 21.7. The zero-order chi connectivity index (χ0) is 26.9. The number of hydrogen-bond donors (Lipinski definition) is 5. The number of hydrogen-bond acceptors (Lipinski definition) is 9. The number of carbonyl (C=O) groups excluding carboxylic acids is 1. The lowest BCUT2D eigenvalue weighted by atomic mass is 9.47. The van der Waals surface area contributed by atoms with Crippen LogP contribution in [0.5, 0.6) is 5.75 Å². The fraction of sp³-hybridized carbons (Fsp3) is 0.643. The van der Waals surface area contributed by atoms with Crippen LogP contribution < -0.4 is 10.6 Å². The number of amides is 1. The second kappa shape index (κ2) is 11.1. The van der Waals surface area contributed by atoms with Gasteiger partial charge in [-0.25, -0.2) is 4.98 Å². The summed E-state index contributed by atoms with van der Waals surface area (Å²) in [5, 5.41) is 38.5. The molecule has 208 valence electrons. The highest BCUT2D eigenvalue weighted by Gasteiger charge is 2.59. The van der Waals surface area contributed by atoms with Gasteiger partial charge in [-0.2, -0.15) is 0 Å². The van der Waals surface area contributed by atoms with Crippen LogP contribution >= 0.6 is 11.3 Å². The zero-order valence-electron chi connectivity index (χ0n) is 22.3. The van der Waals surface area contributed by atoms with Crippen molar-refractivity contribution in [3.05, 3.63) is 34.8 Å². The van der Waals surface area contributed by atoms with E-state index < -0.39 is 11.5 Å². The van der Waals surface area contributed by atoms with E-state index in [9.17, 15) is 20.1 Å². The molecule has 9 nitrogen and oxygen atoms in total. The molecule has 1 saturated carbocycles. The number of aliphatic hydroxyl groups is 2. The van der Waals surface area contributed by atoms with Crippen LogP contribution in [0, 0.1) is 16.7 Å². The van der Waals surface area contributed by atoms with Crippen LogP contribution in [-0.2, 0) is 16.0 Å². The summed E-state index contributed by atoms with van der Waals surface area (Å²) < 4.78 is 5.41. The van der Waals surface area contributed by atoms with Crippen molar-refractivity contribution in [2.75, 3.05) is 51.3 Å². The van der Waals surface area contributed by atoms with Crippen molar-refractivity contribution in [2.24, 2.45) is 16.7 Å². The van der Waals surface area contributed by atoms with Gasteiger partial charge in [-0.15, -0.1) is 11.3 Å². The molecule has 2 fully saturated rings. The van der Waals surface area contributed by atoms with E-state index in [1.807, 2.05) is 13.0 Å². The van der Waals surface area contributed by atoms with Gasteiger partial charge in [-0.3, -0.25) is 9.69 Å². The number of nitrogens with zero attached hydrogens (tertiary/aromatic N) is 2. The summed E-state index contributed by atoms with van der Waals surface area (Å²) in [7, 11) is 0. The van der Waals surface area contributed by atoms with E-state index in [0.29, 0.717) is 30.9 Å². The number of ether oxygens (including phenoxy) is 1. The van der Waals surface area contributed by atoms with Gasteiger partial charge in [-0.1, -0.05) is 19.9 Å². The molecule has 1 amide bonds. The van der Waals surface area contributed by atoms with Crippen LogP contribution in [0.1, 0.15) is 49.6 Å². The highest BCUT2D eigenvalue weighted by molar-refractivity contribution is 7.15. The van der Waals surface area contributed by atoms with Crippen LogP contribution in [-0.4, -0.2) is 83.2 Å². The maximum absolute atomic E-state index is 13.3. The Morgan fingerprint density at radius 3 is 2.82 bits per heavy atom. The number of aromatic hydroxyl groups is 1. The normalized spacial score (nSPS) is 31.3. The zero-order valence-corrected chi connectivity index (χ0v) is 23.1. The number of nitrogens with one attached hydrogen (secondary N) is 2. The average Bonchev–Trinajstić information content (AvgIpc) is 3.30. The van der Waals surface area contributed by atoms with Crippen molar-refractivity contribution in [2.45, 2.75) is 51.6 Å². The Kier molecular flexibility index (Phi) is 7.98. The van der Waals surface area contributed by atoms with Crippen molar-refractivity contribution < 1.29 is 24.9 Å². The number of benzene rings is 1. The number of aromatic nitrogens is 1. The average molecular weight is 545 g/mol. The number of thiazole rings is 1. The number of fused-ring (bicyclic) bond motifs is 2. The minimum Gasteiger partial charge on any atom is -0.508 e. The smallest absolute Gasteiger partial charge is 0.220 e. The largest absolute Gasteiger partial charge is 0.508 e. The first-order chi connectivity index (χ1) is 18.2. The van der Waals surface area contributed by atoms with Crippen molar-refractivity contribution in [1.82, 2.24) is 15.2 Å². The summed E-state index contributed by atoms with van der Waals surface area (Å²) in [6.45, 7) is 8.73. The standard InChI is InChI=1S/C28H40N4O5S/c1-27-7-6-23(35)28(2,17-33)22(27)16-21-25(31-26(38-21)30-18-4-3-5-19(34)14-18)20(27)15-24(36)29-8-9-32-10-12-37-13-11-32/h3-5,14,20,22-23,33-35H,6-13,15-17H2,1-2H3,(H,29,36)(H,30,31). The highest BCUT2D eigenvalue weighted by atomic mass is 32.1. The summed E-state index contributed by atoms with van der Waals surface area (Å²) >= 11 is 1.55. The van der Waals surface area contributed by atoms with Gasteiger partial charge in [0.2, 0.25) is 5.91 Å². The Morgan fingerprint density at radius 1 is 1.29 bits per heavy atom. The SMILES string of the molecule is CC1(CO)C(O)CCC2(C)C(CC(=O)NCCN3CCOCC3)c3nc(Nc4cccc(O)c4)sc3CC12. The minimum absolute atomic E-state index is 0.00315. The molecule has 2 aromatic rings. The maximum atomic E-state index is 13.3. The Hall–Kier alpha value is -2.24. The number of aliphatic hydroxyl groups excluding tert-OH is 2. The Balaban J connectivity index is 1.39. The lowest BCUT2D eigenvalue weighted by Gasteiger charge is -2.58. The van der Waals surface area contributed by atoms with Gasteiger partial charge in [0, 0.05) is 60.6 Å². The predicted molar refractivity (Wildman–Crippen MR) is 147 cm³/mol. The molecule has 2 aliphatic carbocycles. The fourth-order valence-electron chi connectivity index (χ4n) is 6.84. The quantitative estimate of drug-likeness (QED) is 0.343. The van der Waals surface area contributed by atoms with Gasteiger partial charge in [-0.05, 0) is 42.7 Å². The monoisotopic (exact) mass is 544 g/mol. The second-order valence-electron chi connectivity index (χ2n) is 11.5. The van der Waals surface area contributed by atoms with Gasteiger partial charge < -0.3 is 30.7 Å². The van der Waals surface area contributed by atoms with Crippen molar-refractivity contribution in [3.63, 3.8) is 0 Å². The van der Waals surface area contributed by atoms with Crippen LogP contribution in [0.2, 0.25) is 0 Å². The first-order valence-electron chi connectivity index (χ1n) is 13.6. The highest BCUT2D eigenvalue weighted by Crippen LogP contribution is 2.62. The van der Waals surface area contributed by atoms with Crippen molar-refractivity contribution >= 4 is 28.1 Å². The molecule has 0 radical (unpaired) electrons. The molecule has 5 N–H and O–H groups in total. The molecule has 0 bridgehead atoms. The van der Waals surface area contributed by atoms with Crippen LogP contribution in [0.15, 0.2) is 24.3 Å². The molecule has 5 rings (SSSR count). The molecule has 1 aliphatic heterocycles. The predicted octanol–water partition coefficient (Wildman–Crippen LogP) is 2.85. The van der Waals surface area contributed by atoms with Crippen molar-refractivity contribution in [1.29, 1.82) is 0 Å². The van der Waals surface area contributed by atoms with E-state index in [0.717, 1.165) is 55.5 Å². The molecule has 38 heavy (non-hydrogen) atoms. The van der Waals surface area contributed by atoms with Crippen LogP contribution in [0.4, 0.5) is 10.8 Å². The Bertz CT molecular complexity index is 1140. The number of anilines is 2. The molecule has 0 spiro atoms. The molecule has 10 heteroatoms. The number of rotatable bonds is 8. The van der Waals surface area contributed by atoms with E-state index >= 15 is 0 Å². The molecular formula is C28H40N4O5S. The first-order valence-corrected chi connectivity index (χ1v) is 14.5. The van der Waals surface area contributed by atoms with Crippen LogP contribution in [0.25, 0.3) is 0 Å². The van der Waals surface area contributed by atoms with Gasteiger partial charge in [0.05, 0.1) is 31.6 Å². The van der Waals surface area contributed by atoms with E-state index in [1.165, 1.54) is 0 Å². The minimum atomic E-state index is -0.654. The molecule has 1 saturated heterocycles. The van der Waals surface area contributed by atoms with Crippen LogP contribution in [0.3, 0.4) is 0 Å². The van der Waals surface area contributed by atoms with E-state index in [1.54, 1.807) is 29.5 Å². The maximum Gasteiger partial charge on any atom is 0.220 e. The lowest BCUT2D eigenvalue weighted by molar-refractivity contribution is -0.144. The topological polar surface area (TPSA) is 127 Å². The van der Waals surface area contributed by atoms with Gasteiger partial charge in [0.1, 0.15) is 5.75 Å². The number of phenolic OH excluding ortho intramolecular Hbond substituents is 1. The summed E-state index contributed by atoms with van der Waals surface area (Å²) in [5.74, 6) is 0.0584. The summed E-state index contributed by atoms with van der Waals surface area (Å²) in [6, 6.07) is 6.93. The molecule has 1 aromatic carbocycles. The molecule has 5 atom stereocenters. The van der Waals surface area contributed by atoms with Gasteiger partial charge in [0.15, 0.2) is 5.13 Å².